The van der Waals surface area contributed by atoms with Crippen molar-refractivity contribution in [3.8, 4) is 23.7 Å². The summed E-state index contributed by atoms with van der Waals surface area (Å²) in [5.74, 6) is 3.44. The number of nitrogens with one attached hydrogen (secondary N) is 2. The number of terminal acetylenes is 1. The van der Waals surface area contributed by atoms with Gasteiger partial charge < -0.3 is 9.97 Å². The summed E-state index contributed by atoms with van der Waals surface area (Å²) in [4.78, 5) is 15.4. The number of hydrogen-bond acceptors (Lipinski definition) is 2. The first-order valence-electron chi connectivity index (χ1n) is 6.34. The third-order valence-corrected chi connectivity index (χ3v) is 3.92. The average Bonchev–Trinajstić information content (AvgIpc) is 3.11. The molecule has 0 saturated carbocycles. The number of benzene rings is 2. The second-order valence-corrected chi connectivity index (χ2v) is 5.59. The first kappa shape index (κ1) is 12.2. The van der Waals surface area contributed by atoms with Gasteiger partial charge in [-0.2, -0.15) is 0 Å². The average molecular weight is 337 g/mol. The van der Waals surface area contributed by atoms with Crippen molar-refractivity contribution in [1.82, 2.24) is 19.9 Å². The van der Waals surface area contributed by atoms with E-state index < -0.39 is 0 Å². The molecule has 0 radical (unpaired) electrons. The first-order chi connectivity index (χ1) is 10.3. The van der Waals surface area contributed by atoms with Gasteiger partial charge in [-0.15, -0.1) is 6.42 Å². The van der Waals surface area contributed by atoms with Gasteiger partial charge in [0.15, 0.2) is 0 Å². The lowest BCUT2D eigenvalue weighted by Gasteiger charge is -2.02. The molecule has 0 atom stereocenters. The number of fused-ring (bicyclic) bond motifs is 2. The van der Waals surface area contributed by atoms with Crippen LogP contribution in [-0.2, 0) is 0 Å². The molecule has 2 N–H and O–H groups in total. The van der Waals surface area contributed by atoms with Gasteiger partial charge in [0.1, 0.15) is 11.3 Å². The lowest BCUT2D eigenvalue weighted by molar-refractivity contribution is 1.32. The van der Waals surface area contributed by atoms with Gasteiger partial charge in [-0.25, -0.2) is 9.97 Å². The third kappa shape index (κ3) is 1.84. The minimum atomic E-state index is 0.730. The molecule has 0 amide bonds. The molecule has 21 heavy (non-hydrogen) atoms. The first-order valence-corrected chi connectivity index (χ1v) is 7.14. The second kappa shape index (κ2) is 4.47. The molecule has 0 saturated heterocycles. The van der Waals surface area contributed by atoms with Crippen LogP contribution in [0.4, 0.5) is 0 Å². The molecule has 5 heteroatoms. The fourth-order valence-corrected chi connectivity index (χ4v) is 2.83. The molecule has 4 nitrogen and oxygen atoms in total. The Labute approximate surface area is 128 Å². The maximum absolute atomic E-state index is 5.63. The molecule has 0 bridgehead atoms. The van der Waals surface area contributed by atoms with Crippen molar-refractivity contribution < 1.29 is 0 Å². The van der Waals surface area contributed by atoms with Crippen LogP contribution in [0.5, 0.6) is 0 Å². The van der Waals surface area contributed by atoms with Crippen molar-refractivity contribution in [1.29, 1.82) is 0 Å². The van der Waals surface area contributed by atoms with Crippen LogP contribution < -0.4 is 0 Å². The number of rotatable bonds is 1. The van der Waals surface area contributed by atoms with Crippen LogP contribution in [0.3, 0.4) is 0 Å². The summed E-state index contributed by atoms with van der Waals surface area (Å²) < 4.78 is 1.00. The molecule has 0 aliphatic heterocycles. The molecule has 0 fully saturated rings. The monoisotopic (exact) mass is 336 g/mol. The number of aromatic nitrogens is 4. The Morgan fingerprint density at radius 2 is 2.05 bits per heavy atom. The fraction of sp³-hybridized carbons (Fsp3) is 0. The van der Waals surface area contributed by atoms with Gasteiger partial charge in [-0.05, 0) is 30.3 Å². The van der Waals surface area contributed by atoms with Crippen molar-refractivity contribution in [2.24, 2.45) is 0 Å². The Kier molecular flexibility index (Phi) is 2.59. The Morgan fingerprint density at radius 3 is 2.90 bits per heavy atom. The van der Waals surface area contributed by atoms with E-state index in [0.29, 0.717) is 0 Å². The molecular weight excluding hydrogens is 328 g/mol. The van der Waals surface area contributed by atoms with Crippen LogP contribution >= 0.6 is 15.9 Å². The number of nitrogens with zero attached hydrogens (tertiary/aromatic N) is 2. The zero-order valence-electron chi connectivity index (χ0n) is 10.8. The van der Waals surface area contributed by atoms with Crippen LogP contribution in [0.25, 0.3) is 33.5 Å². The lowest BCUT2D eigenvalue weighted by Crippen LogP contribution is -1.89. The number of halogens is 1. The minimum Gasteiger partial charge on any atom is -0.345 e. The standard InChI is InChI=1S/C16H9BrN4/c1-2-9-3-5-12-15(19-8-18-12)14(9)16-20-11-6-4-10(17)7-13(11)21-16/h1,3-8H,(H,18,19)(H,20,21). The quantitative estimate of drug-likeness (QED) is 0.519. The Morgan fingerprint density at radius 1 is 1.14 bits per heavy atom. The summed E-state index contributed by atoms with van der Waals surface area (Å²) in [6.07, 6.45) is 7.29. The Hall–Kier alpha value is -2.58. The highest BCUT2D eigenvalue weighted by atomic mass is 79.9. The number of H-pyrrole nitrogens is 2. The van der Waals surface area contributed by atoms with E-state index in [-0.39, 0.29) is 0 Å². The third-order valence-electron chi connectivity index (χ3n) is 3.43. The Balaban J connectivity index is 2.07. The van der Waals surface area contributed by atoms with Crippen molar-refractivity contribution in [3.63, 3.8) is 0 Å². The van der Waals surface area contributed by atoms with E-state index >= 15 is 0 Å². The smallest absolute Gasteiger partial charge is 0.142 e. The van der Waals surface area contributed by atoms with E-state index in [1.165, 1.54) is 0 Å². The van der Waals surface area contributed by atoms with Crippen molar-refractivity contribution in [2.75, 3.05) is 0 Å². The van der Waals surface area contributed by atoms with Crippen molar-refractivity contribution in [3.05, 3.63) is 46.7 Å². The highest BCUT2D eigenvalue weighted by molar-refractivity contribution is 9.10. The van der Waals surface area contributed by atoms with Crippen LogP contribution in [-0.4, -0.2) is 19.9 Å². The summed E-state index contributed by atoms with van der Waals surface area (Å²) >= 11 is 3.46. The van der Waals surface area contributed by atoms with Crippen molar-refractivity contribution >= 4 is 38.0 Å². The van der Waals surface area contributed by atoms with Crippen molar-refractivity contribution in [2.45, 2.75) is 0 Å². The predicted octanol–water partition coefficient (Wildman–Crippen LogP) is 3.85. The summed E-state index contributed by atoms with van der Waals surface area (Å²) in [5.41, 5.74) is 5.23. The van der Waals surface area contributed by atoms with Crippen LogP contribution in [0.1, 0.15) is 5.56 Å². The lowest BCUT2D eigenvalue weighted by atomic mass is 10.1. The van der Waals surface area contributed by atoms with Crippen LogP contribution in [0, 0.1) is 12.3 Å². The van der Waals surface area contributed by atoms with Gasteiger partial charge in [0.05, 0.1) is 28.4 Å². The molecular formula is C16H9BrN4. The predicted molar refractivity (Wildman–Crippen MR) is 86.8 cm³/mol. The minimum absolute atomic E-state index is 0.730. The topological polar surface area (TPSA) is 57.4 Å². The van der Waals surface area contributed by atoms with Gasteiger partial charge >= 0.3 is 0 Å². The van der Waals surface area contributed by atoms with Gasteiger partial charge in [-0.1, -0.05) is 21.9 Å². The van der Waals surface area contributed by atoms with E-state index in [9.17, 15) is 0 Å². The summed E-state index contributed by atoms with van der Waals surface area (Å²) in [6.45, 7) is 0. The summed E-state index contributed by atoms with van der Waals surface area (Å²) in [5, 5.41) is 0. The molecule has 2 heterocycles. The van der Waals surface area contributed by atoms with Crippen LogP contribution in [0.2, 0.25) is 0 Å². The van der Waals surface area contributed by atoms with E-state index in [4.69, 9.17) is 6.42 Å². The van der Waals surface area contributed by atoms with E-state index in [1.807, 2.05) is 30.3 Å². The largest absolute Gasteiger partial charge is 0.345 e. The molecule has 2 aromatic carbocycles. The maximum Gasteiger partial charge on any atom is 0.142 e. The SMILES string of the molecule is C#Cc1ccc2[nH]cnc2c1-c1nc2ccc(Br)cc2[nH]1. The molecule has 0 aliphatic carbocycles. The zero-order chi connectivity index (χ0) is 14.4. The molecule has 4 aromatic rings. The maximum atomic E-state index is 5.63. The molecule has 2 aromatic heterocycles. The molecule has 0 spiro atoms. The highest BCUT2D eigenvalue weighted by Crippen LogP contribution is 2.30. The van der Waals surface area contributed by atoms with Gasteiger partial charge in [0.25, 0.3) is 0 Å². The number of aromatic amines is 2. The Bertz CT molecular complexity index is 1020. The van der Waals surface area contributed by atoms with E-state index in [1.54, 1.807) is 6.33 Å². The number of hydrogen-bond donors (Lipinski definition) is 2. The van der Waals surface area contributed by atoms with E-state index in [0.717, 1.165) is 43.5 Å². The van der Waals surface area contributed by atoms with E-state index in [2.05, 4.69) is 41.8 Å². The highest BCUT2D eigenvalue weighted by Gasteiger charge is 2.14. The molecule has 4 rings (SSSR count). The second-order valence-electron chi connectivity index (χ2n) is 4.68. The van der Waals surface area contributed by atoms with Gasteiger partial charge in [0, 0.05) is 10.0 Å². The summed E-state index contributed by atoms with van der Waals surface area (Å²) in [7, 11) is 0. The number of imidazole rings is 2. The van der Waals surface area contributed by atoms with Gasteiger partial charge in [-0.3, -0.25) is 0 Å². The van der Waals surface area contributed by atoms with Crippen LogP contribution in [0.15, 0.2) is 41.1 Å². The molecule has 0 unspecified atom stereocenters. The fourth-order valence-electron chi connectivity index (χ4n) is 2.47. The normalized spacial score (nSPS) is 11.0. The zero-order valence-corrected chi connectivity index (χ0v) is 12.4. The molecule has 100 valence electrons. The summed E-state index contributed by atoms with van der Waals surface area (Å²) in [6, 6.07) is 9.75. The van der Waals surface area contributed by atoms with Gasteiger partial charge in [0.2, 0.25) is 0 Å². The molecule has 0 aliphatic rings.